The largest absolute Gasteiger partial charge is 0.433 e. The molecule has 0 bridgehead atoms. The van der Waals surface area contributed by atoms with Crippen molar-refractivity contribution in [1.82, 2.24) is 0 Å². The fraction of sp³-hybridized carbons (Fsp3) is 0.650. The van der Waals surface area contributed by atoms with Crippen molar-refractivity contribution in [2.75, 3.05) is 0 Å². The van der Waals surface area contributed by atoms with Crippen LogP contribution in [0.3, 0.4) is 0 Å². The zero-order valence-electron chi connectivity index (χ0n) is 14.5. The lowest BCUT2D eigenvalue weighted by Gasteiger charge is -1.97. The predicted molar refractivity (Wildman–Crippen MR) is 95.1 cm³/mol. The lowest BCUT2D eigenvalue weighted by molar-refractivity contribution is -0.139. The number of carbonyl (C=O) groups excluding carboxylic acids is 1. The number of hydrogen-bond acceptors (Lipinski definition) is 3. The minimum absolute atomic E-state index is 0.0656. The van der Waals surface area contributed by atoms with Crippen LogP contribution in [0, 0.1) is 0 Å². The molecule has 0 N–H and O–H groups in total. The number of carbonyl (C=O) groups is 1. The smallest absolute Gasteiger partial charge is 0.342 e. The molecule has 0 aromatic rings. The Bertz CT molecular complexity index is 384. The summed E-state index contributed by atoms with van der Waals surface area (Å²) in [6, 6.07) is 0. The van der Waals surface area contributed by atoms with Gasteiger partial charge in [0.2, 0.25) is 0 Å². The molecule has 0 spiro atoms. The van der Waals surface area contributed by atoms with Crippen molar-refractivity contribution < 1.29 is 14.3 Å². The van der Waals surface area contributed by atoms with Crippen LogP contribution < -0.4 is 0 Å². The van der Waals surface area contributed by atoms with Crippen LogP contribution >= 0.6 is 0 Å². The Kier molecular flexibility index (Phi) is 11.2. The quantitative estimate of drug-likeness (QED) is 0.140. The van der Waals surface area contributed by atoms with Gasteiger partial charge in [0.15, 0.2) is 6.10 Å². The summed E-state index contributed by atoms with van der Waals surface area (Å²) in [6.45, 7) is 5.60. The Hall–Kier alpha value is -1.35. The normalized spacial score (nSPS) is 20.2. The van der Waals surface area contributed by atoms with Crippen LogP contribution in [0.1, 0.15) is 71.1 Å². The zero-order valence-corrected chi connectivity index (χ0v) is 14.5. The first kappa shape index (κ1) is 19.7. The highest BCUT2D eigenvalue weighted by Gasteiger charge is 2.45. The van der Waals surface area contributed by atoms with Crippen LogP contribution in [0.2, 0.25) is 0 Å². The highest BCUT2D eigenvalue weighted by Crippen LogP contribution is 2.28. The van der Waals surface area contributed by atoms with Gasteiger partial charge in [-0.1, -0.05) is 63.5 Å². The Morgan fingerprint density at radius 2 is 1.74 bits per heavy atom. The van der Waals surface area contributed by atoms with Gasteiger partial charge in [0.1, 0.15) is 0 Å². The minimum atomic E-state index is -0.350. The minimum Gasteiger partial charge on any atom is -0.433 e. The third-order valence-corrected chi connectivity index (χ3v) is 3.95. The van der Waals surface area contributed by atoms with Crippen molar-refractivity contribution in [1.29, 1.82) is 0 Å². The van der Waals surface area contributed by atoms with Crippen molar-refractivity contribution >= 4 is 5.97 Å². The molecule has 1 aliphatic rings. The molecule has 0 radical (unpaired) electrons. The van der Waals surface area contributed by atoms with Crippen LogP contribution in [0.5, 0.6) is 0 Å². The third kappa shape index (κ3) is 10.1. The summed E-state index contributed by atoms with van der Waals surface area (Å²) in [6.07, 6.45) is 21.7. The first-order valence-electron chi connectivity index (χ1n) is 9.06. The van der Waals surface area contributed by atoms with Gasteiger partial charge in [-0.05, 0) is 38.5 Å². The molecular weight excluding hydrogens is 288 g/mol. The third-order valence-electron chi connectivity index (χ3n) is 3.95. The van der Waals surface area contributed by atoms with Gasteiger partial charge in [0.05, 0.1) is 12.4 Å². The fourth-order valence-corrected chi connectivity index (χ4v) is 2.52. The summed E-state index contributed by atoms with van der Waals surface area (Å²) < 4.78 is 9.99. The van der Waals surface area contributed by atoms with Gasteiger partial charge in [0.25, 0.3) is 0 Å². The summed E-state index contributed by atoms with van der Waals surface area (Å²) in [5.74, 6) is -0.310. The van der Waals surface area contributed by atoms with E-state index in [9.17, 15) is 4.79 Å². The highest BCUT2D eigenvalue weighted by atomic mass is 16.6. The molecule has 1 rings (SSSR count). The predicted octanol–water partition coefficient (Wildman–Crippen LogP) is 5.47. The van der Waals surface area contributed by atoms with Crippen LogP contribution in [-0.2, 0) is 14.3 Å². The Morgan fingerprint density at radius 1 is 1.04 bits per heavy atom. The first-order valence-corrected chi connectivity index (χ1v) is 9.06. The van der Waals surface area contributed by atoms with E-state index in [0.717, 1.165) is 31.9 Å². The lowest BCUT2D eigenvalue weighted by Crippen LogP contribution is -2.10. The molecule has 23 heavy (non-hydrogen) atoms. The molecule has 2 atom stereocenters. The number of rotatable bonds is 14. The summed E-state index contributed by atoms with van der Waals surface area (Å²) in [5, 5.41) is 0. The summed E-state index contributed by atoms with van der Waals surface area (Å²) in [4.78, 5) is 11.3. The van der Waals surface area contributed by atoms with Crippen molar-refractivity contribution in [2.45, 2.75) is 83.3 Å². The van der Waals surface area contributed by atoms with E-state index >= 15 is 0 Å². The molecule has 1 aliphatic heterocycles. The van der Waals surface area contributed by atoms with E-state index in [-0.39, 0.29) is 18.2 Å². The van der Waals surface area contributed by atoms with E-state index in [1.54, 1.807) is 0 Å². The molecule has 0 aliphatic carbocycles. The molecule has 1 fully saturated rings. The molecular formula is C20H32O3. The summed E-state index contributed by atoms with van der Waals surface area (Å²) in [5.41, 5.74) is 0. The van der Waals surface area contributed by atoms with Crippen LogP contribution in [-0.4, -0.2) is 18.2 Å². The average Bonchev–Trinajstić information content (AvgIpc) is 3.32. The maximum atomic E-state index is 11.3. The van der Waals surface area contributed by atoms with Crippen LogP contribution in [0.15, 0.2) is 37.1 Å². The standard InChI is InChI=1S/C20H32O3/c1-3-5-6-7-8-9-10-11-12-13-14-15-16-17-18-19(23-18)20(21)22-4-2/h4,8-9,11-12,18-19H,2-3,5-7,10,13-17H2,1H3/b9-8-,12-11-. The second-order valence-electron chi connectivity index (χ2n) is 6.01. The molecule has 130 valence electrons. The maximum absolute atomic E-state index is 11.3. The van der Waals surface area contributed by atoms with E-state index in [1.807, 2.05) is 0 Å². The van der Waals surface area contributed by atoms with E-state index < -0.39 is 0 Å². The molecule has 2 unspecified atom stereocenters. The van der Waals surface area contributed by atoms with E-state index in [1.165, 1.54) is 38.5 Å². The molecule has 0 saturated carbocycles. The number of hydrogen-bond donors (Lipinski definition) is 0. The fourth-order valence-electron chi connectivity index (χ4n) is 2.52. The zero-order chi connectivity index (χ0) is 16.8. The van der Waals surface area contributed by atoms with Crippen LogP contribution in [0.4, 0.5) is 0 Å². The lowest BCUT2D eigenvalue weighted by atomic mass is 10.1. The molecule has 3 nitrogen and oxygen atoms in total. The second-order valence-corrected chi connectivity index (χ2v) is 6.01. The molecule has 1 heterocycles. The number of unbranched alkanes of at least 4 members (excludes halogenated alkanes) is 6. The average molecular weight is 320 g/mol. The molecule has 0 aromatic heterocycles. The topological polar surface area (TPSA) is 38.8 Å². The molecule has 3 heteroatoms. The van der Waals surface area contributed by atoms with Crippen molar-refractivity contribution in [3.63, 3.8) is 0 Å². The van der Waals surface area contributed by atoms with Gasteiger partial charge < -0.3 is 9.47 Å². The number of esters is 1. The maximum Gasteiger partial charge on any atom is 0.342 e. The van der Waals surface area contributed by atoms with Gasteiger partial charge in [-0.3, -0.25) is 0 Å². The second kappa shape index (κ2) is 13.1. The van der Waals surface area contributed by atoms with Crippen molar-refractivity contribution in [3.8, 4) is 0 Å². The van der Waals surface area contributed by atoms with Gasteiger partial charge in [0, 0.05) is 0 Å². The highest BCUT2D eigenvalue weighted by molar-refractivity contribution is 5.78. The Labute approximate surface area is 141 Å². The summed E-state index contributed by atoms with van der Waals surface area (Å²) >= 11 is 0. The van der Waals surface area contributed by atoms with Crippen LogP contribution in [0.25, 0.3) is 0 Å². The SMILES string of the molecule is C=COC(=O)C1OC1CCCCC/C=C\C/C=C\CCCCC. The Morgan fingerprint density at radius 3 is 2.39 bits per heavy atom. The van der Waals surface area contributed by atoms with Crippen molar-refractivity contribution in [2.24, 2.45) is 0 Å². The van der Waals surface area contributed by atoms with Crippen molar-refractivity contribution in [3.05, 3.63) is 37.1 Å². The summed E-state index contributed by atoms with van der Waals surface area (Å²) in [7, 11) is 0. The van der Waals surface area contributed by atoms with E-state index in [2.05, 4.69) is 37.8 Å². The first-order chi connectivity index (χ1) is 11.3. The van der Waals surface area contributed by atoms with Gasteiger partial charge in [-0.25, -0.2) is 4.79 Å². The monoisotopic (exact) mass is 320 g/mol. The number of epoxide rings is 1. The number of ether oxygens (including phenoxy) is 2. The van der Waals surface area contributed by atoms with Gasteiger partial charge in [-0.15, -0.1) is 0 Å². The number of allylic oxidation sites excluding steroid dienone is 4. The Balaban J connectivity index is 1.86. The molecule has 1 saturated heterocycles. The molecule has 0 amide bonds. The van der Waals surface area contributed by atoms with E-state index in [0.29, 0.717) is 0 Å². The molecule has 0 aromatic carbocycles. The van der Waals surface area contributed by atoms with E-state index in [4.69, 9.17) is 9.47 Å². The van der Waals surface area contributed by atoms with Gasteiger partial charge >= 0.3 is 5.97 Å². The van der Waals surface area contributed by atoms with Gasteiger partial charge in [-0.2, -0.15) is 0 Å².